The van der Waals surface area contributed by atoms with Crippen molar-refractivity contribution >= 4 is 23.0 Å². The molecule has 28 heavy (non-hydrogen) atoms. The van der Waals surface area contributed by atoms with E-state index in [1.54, 1.807) is 18.3 Å². The average molecular weight is 399 g/mol. The van der Waals surface area contributed by atoms with Crippen molar-refractivity contribution in [3.8, 4) is 0 Å². The van der Waals surface area contributed by atoms with Gasteiger partial charge in [-0.25, -0.2) is 9.07 Å². The maximum Gasteiger partial charge on any atom is 0.287 e. The number of para-hydroxylation sites is 1. The first-order valence-electron chi connectivity index (χ1n) is 9.17. The predicted molar refractivity (Wildman–Crippen MR) is 110 cm³/mol. The number of anilines is 2. The summed E-state index contributed by atoms with van der Waals surface area (Å²) in [6, 6.07) is 16.4. The van der Waals surface area contributed by atoms with Gasteiger partial charge in [0.05, 0.1) is 24.1 Å². The molecule has 1 fully saturated rings. The molecule has 144 valence electrons. The molecule has 0 bridgehead atoms. The van der Waals surface area contributed by atoms with Crippen LogP contribution in [0.25, 0.3) is 0 Å². The zero-order valence-corrected chi connectivity index (χ0v) is 16.0. The van der Waals surface area contributed by atoms with Crippen LogP contribution in [0.1, 0.15) is 5.56 Å². The zero-order chi connectivity index (χ0) is 19.5. The van der Waals surface area contributed by atoms with Crippen molar-refractivity contribution in [3.05, 3.63) is 87.6 Å². The Labute approximate surface area is 167 Å². The summed E-state index contributed by atoms with van der Waals surface area (Å²) in [6.45, 7) is 2.94. The molecule has 2 aromatic carbocycles. The Kier molecular flexibility index (Phi) is 5.30. The van der Waals surface area contributed by atoms with E-state index in [9.17, 15) is 9.18 Å². The smallest absolute Gasteiger partial charge is 0.287 e. The molecule has 0 saturated carbocycles. The quantitative estimate of drug-likeness (QED) is 0.675. The topological polar surface area (TPSA) is 41.4 Å². The van der Waals surface area contributed by atoms with Crippen LogP contribution in [-0.2, 0) is 6.54 Å². The molecular formula is C21H20ClFN4O. The Morgan fingerprint density at radius 2 is 1.50 bits per heavy atom. The molecule has 0 amide bonds. The SMILES string of the molecule is O=c1c(Cl)c(N2CCN(c3ccccc3F)CC2)cnn1Cc1ccccc1. The van der Waals surface area contributed by atoms with Gasteiger partial charge in [-0.15, -0.1) is 0 Å². The molecule has 2 heterocycles. The number of rotatable bonds is 4. The standard InChI is InChI=1S/C21H20ClFN4O/c22-20-19(14-24-27(21(20)28)15-16-6-2-1-3-7-16)26-12-10-25(11-13-26)18-9-5-4-8-17(18)23/h1-9,14H,10-13,15H2. The monoisotopic (exact) mass is 398 g/mol. The number of benzene rings is 2. The number of hydrogen-bond donors (Lipinski definition) is 0. The third-order valence-corrected chi connectivity index (χ3v) is 5.31. The van der Waals surface area contributed by atoms with Crippen LogP contribution in [0, 0.1) is 5.82 Å². The molecular weight excluding hydrogens is 379 g/mol. The second-order valence-electron chi connectivity index (χ2n) is 6.72. The van der Waals surface area contributed by atoms with E-state index in [1.165, 1.54) is 10.7 Å². The number of aromatic nitrogens is 2. The van der Waals surface area contributed by atoms with E-state index in [4.69, 9.17) is 11.6 Å². The van der Waals surface area contributed by atoms with Gasteiger partial charge in [-0.05, 0) is 17.7 Å². The lowest BCUT2D eigenvalue weighted by Gasteiger charge is -2.37. The highest BCUT2D eigenvalue weighted by Gasteiger charge is 2.22. The van der Waals surface area contributed by atoms with Crippen LogP contribution in [0.4, 0.5) is 15.8 Å². The molecule has 5 nitrogen and oxygen atoms in total. The van der Waals surface area contributed by atoms with Crippen molar-refractivity contribution in [2.75, 3.05) is 36.0 Å². The van der Waals surface area contributed by atoms with Crippen molar-refractivity contribution < 1.29 is 4.39 Å². The molecule has 0 spiro atoms. The highest BCUT2D eigenvalue weighted by molar-refractivity contribution is 6.33. The van der Waals surface area contributed by atoms with E-state index < -0.39 is 0 Å². The van der Waals surface area contributed by atoms with Crippen LogP contribution in [-0.4, -0.2) is 36.0 Å². The van der Waals surface area contributed by atoms with Gasteiger partial charge in [0, 0.05) is 26.2 Å². The van der Waals surface area contributed by atoms with E-state index in [-0.39, 0.29) is 16.4 Å². The van der Waals surface area contributed by atoms with E-state index in [1.807, 2.05) is 46.2 Å². The number of nitrogens with zero attached hydrogens (tertiary/aromatic N) is 4. The van der Waals surface area contributed by atoms with Gasteiger partial charge in [0.15, 0.2) is 0 Å². The maximum atomic E-state index is 14.0. The molecule has 0 atom stereocenters. The Hall–Kier alpha value is -2.86. The molecule has 1 aliphatic heterocycles. The van der Waals surface area contributed by atoms with Crippen molar-refractivity contribution in [1.82, 2.24) is 9.78 Å². The Morgan fingerprint density at radius 1 is 0.893 bits per heavy atom. The second kappa shape index (κ2) is 8.02. The molecule has 0 radical (unpaired) electrons. The Morgan fingerprint density at radius 3 is 2.18 bits per heavy atom. The minimum Gasteiger partial charge on any atom is -0.366 e. The lowest BCUT2D eigenvalue weighted by molar-refractivity contribution is 0.594. The van der Waals surface area contributed by atoms with Crippen LogP contribution >= 0.6 is 11.6 Å². The van der Waals surface area contributed by atoms with Crippen molar-refractivity contribution in [2.24, 2.45) is 0 Å². The van der Waals surface area contributed by atoms with Gasteiger partial charge in [0.1, 0.15) is 10.8 Å². The minimum absolute atomic E-state index is 0.172. The van der Waals surface area contributed by atoms with Gasteiger partial charge in [0.25, 0.3) is 5.56 Å². The first kappa shape index (κ1) is 18.5. The van der Waals surface area contributed by atoms with Crippen LogP contribution in [0.5, 0.6) is 0 Å². The fourth-order valence-corrected chi connectivity index (χ4v) is 3.71. The maximum absolute atomic E-state index is 14.0. The van der Waals surface area contributed by atoms with Crippen molar-refractivity contribution in [1.29, 1.82) is 0 Å². The summed E-state index contributed by atoms with van der Waals surface area (Å²) in [7, 11) is 0. The van der Waals surface area contributed by atoms with Crippen molar-refractivity contribution in [2.45, 2.75) is 6.54 Å². The zero-order valence-electron chi connectivity index (χ0n) is 15.3. The molecule has 7 heteroatoms. The molecule has 1 aliphatic rings. The lowest BCUT2D eigenvalue weighted by atomic mass is 10.2. The summed E-state index contributed by atoms with van der Waals surface area (Å²) in [5, 5.41) is 4.48. The van der Waals surface area contributed by atoms with Crippen LogP contribution < -0.4 is 15.4 Å². The second-order valence-corrected chi connectivity index (χ2v) is 7.10. The predicted octanol–water partition coefficient (Wildman–Crippen LogP) is 3.41. The summed E-state index contributed by atoms with van der Waals surface area (Å²) >= 11 is 6.39. The minimum atomic E-state index is -0.306. The summed E-state index contributed by atoms with van der Waals surface area (Å²) < 4.78 is 15.4. The third-order valence-electron chi connectivity index (χ3n) is 4.96. The van der Waals surface area contributed by atoms with Gasteiger partial charge >= 0.3 is 0 Å². The molecule has 0 N–H and O–H groups in total. The van der Waals surface area contributed by atoms with Gasteiger partial charge in [-0.2, -0.15) is 5.10 Å². The van der Waals surface area contributed by atoms with E-state index >= 15 is 0 Å². The molecule has 0 aliphatic carbocycles. The summed E-state index contributed by atoms with van der Waals surface area (Å²) in [6.07, 6.45) is 1.64. The highest BCUT2D eigenvalue weighted by atomic mass is 35.5. The fourth-order valence-electron chi connectivity index (χ4n) is 3.44. The van der Waals surface area contributed by atoms with Crippen LogP contribution in [0.3, 0.4) is 0 Å². The Balaban J connectivity index is 1.49. The number of hydrogen-bond acceptors (Lipinski definition) is 4. The Bertz CT molecular complexity index is 1020. The molecule has 4 rings (SSSR count). The lowest BCUT2D eigenvalue weighted by Crippen LogP contribution is -2.47. The number of halogens is 2. The molecule has 1 saturated heterocycles. The third kappa shape index (κ3) is 3.73. The average Bonchev–Trinajstić information content (AvgIpc) is 2.73. The summed E-state index contributed by atoms with van der Waals surface area (Å²) in [5.41, 5.74) is 1.91. The van der Waals surface area contributed by atoms with Gasteiger partial charge in [0.2, 0.25) is 0 Å². The van der Waals surface area contributed by atoms with Gasteiger partial charge < -0.3 is 9.80 Å². The first-order valence-corrected chi connectivity index (χ1v) is 9.55. The van der Waals surface area contributed by atoms with Crippen LogP contribution in [0.2, 0.25) is 5.02 Å². The van der Waals surface area contributed by atoms with Crippen LogP contribution in [0.15, 0.2) is 65.6 Å². The molecule has 3 aromatic rings. The van der Waals surface area contributed by atoms with Crippen molar-refractivity contribution in [3.63, 3.8) is 0 Å². The molecule has 0 unspecified atom stereocenters. The van der Waals surface area contributed by atoms with E-state index in [0.717, 1.165) is 5.56 Å². The molecule has 1 aromatic heterocycles. The highest BCUT2D eigenvalue weighted by Crippen LogP contribution is 2.25. The van der Waals surface area contributed by atoms with E-state index in [0.29, 0.717) is 44.1 Å². The van der Waals surface area contributed by atoms with Gasteiger partial charge in [-0.1, -0.05) is 54.1 Å². The first-order chi connectivity index (χ1) is 13.6. The fraction of sp³-hybridized carbons (Fsp3) is 0.238. The largest absolute Gasteiger partial charge is 0.366 e. The van der Waals surface area contributed by atoms with Gasteiger partial charge in [-0.3, -0.25) is 4.79 Å². The normalized spacial score (nSPS) is 14.4. The summed E-state index contributed by atoms with van der Waals surface area (Å²) in [4.78, 5) is 16.7. The van der Waals surface area contributed by atoms with E-state index in [2.05, 4.69) is 5.10 Å². The summed E-state index contributed by atoms with van der Waals surface area (Å²) in [5.74, 6) is -0.223. The number of piperazine rings is 1.